The number of alkyl halides is 2. The van der Waals surface area contributed by atoms with Crippen LogP contribution in [0, 0.1) is 5.21 Å². The third-order valence-electron chi connectivity index (χ3n) is 3.33. The SMILES string of the molecule is O=C(NC[N+]1([O-])CCC(F)(F)CC1)c1ccccc1. The molecule has 0 aliphatic carbocycles. The van der Waals surface area contributed by atoms with E-state index in [2.05, 4.69) is 5.32 Å². The van der Waals surface area contributed by atoms with Crippen molar-refractivity contribution in [3.63, 3.8) is 0 Å². The second-order valence-corrected chi connectivity index (χ2v) is 4.89. The molecule has 2 rings (SSSR count). The van der Waals surface area contributed by atoms with Gasteiger partial charge in [0.25, 0.3) is 11.8 Å². The van der Waals surface area contributed by atoms with Crippen molar-refractivity contribution in [3.05, 3.63) is 41.1 Å². The Kier molecular flexibility index (Phi) is 3.82. The first-order valence-corrected chi connectivity index (χ1v) is 6.18. The van der Waals surface area contributed by atoms with Crippen molar-refractivity contribution in [2.24, 2.45) is 0 Å². The van der Waals surface area contributed by atoms with Crippen molar-refractivity contribution in [2.45, 2.75) is 18.8 Å². The van der Waals surface area contributed by atoms with Crippen LogP contribution < -0.4 is 5.32 Å². The number of benzene rings is 1. The lowest BCUT2D eigenvalue weighted by molar-refractivity contribution is -0.890. The van der Waals surface area contributed by atoms with Crippen LogP contribution in [0.15, 0.2) is 30.3 Å². The summed E-state index contributed by atoms with van der Waals surface area (Å²) < 4.78 is 25.2. The number of likely N-dealkylation sites (tertiary alicyclic amines) is 1. The number of piperidine rings is 1. The number of nitrogens with one attached hydrogen (secondary N) is 1. The van der Waals surface area contributed by atoms with Gasteiger partial charge in [0, 0.05) is 5.56 Å². The van der Waals surface area contributed by atoms with Crippen LogP contribution in [0.2, 0.25) is 0 Å². The lowest BCUT2D eigenvalue weighted by Gasteiger charge is -2.46. The predicted molar refractivity (Wildman–Crippen MR) is 66.3 cm³/mol. The molecule has 0 atom stereocenters. The van der Waals surface area contributed by atoms with E-state index < -0.39 is 23.4 Å². The fraction of sp³-hybridized carbons (Fsp3) is 0.462. The molecule has 1 amide bonds. The number of hydroxylamine groups is 3. The fourth-order valence-corrected chi connectivity index (χ4v) is 2.04. The van der Waals surface area contributed by atoms with Crippen LogP contribution in [0.4, 0.5) is 8.78 Å². The van der Waals surface area contributed by atoms with Gasteiger partial charge in [0.1, 0.15) is 0 Å². The fourth-order valence-electron chi connectivity index (χ4n) is 2.04. The molecule has 0 unspecified atom stereocenters. The van der Waals surface area contributed by atoms with Crippen molar-refractivity contribution < 1.29 is 18.2 Å². The minimum Gasteiger partial charge on any atom is -0.631 e. The molecule has 0 spiro atoms. The quantitative estimate of drug-likeness (QED) is 0.675. The molecule has 19 heavy (non-hydrogen) atoms. The van der Waals surface area contributed by atoms with E-state index in [0.29, 0.717) is 5.56 Å². The van der Waals surface area contributed by atoms with Crippen LogP contribution >= 0.6 is 0 Å². The summed E-state index contributed by atoms with van der Waals surface area (Å²) in [5.74, 6) is -3.10. The number of hydrogen-bond acceptors (Lipinski definition) is 2. The zero-order valence-corrected chi connectivity index (χ0v) is 10.4. The molecule has 1 aliphatic heterocycles. The molecule has 1 N–H and O–H groups in total. The first-order valence-electron chi connectivity index (χ1n) is 6.18. The van der Waals surface area contributed by atoms with E-state index in [-0.39, 0.29) is 25.7 Å². The summed E-state index contributed by atoms with van der Waals surface area (Å²) in [6.45, 7) is -0.492. The number of carbonyl (C=O) groups is 1. The normalized spacial score (nSPS) is 20.8. The Bertz CT molecular complexity index is 441. The Morgan fingerprint density at radius 2 is 1.84 bits per heavy atom. The number of nitrogens with zero attached hydrogens (tertiary/aromatic N) is 1. The summed E-state index contributed by atoms with van der Waals surface area (Å²) >= 11 is 0. The molecule has 0 saturated carbocycles. The maximum atomic E-state index is 13.0. The van der Waals surface area contributed by atoms with Gasteiger partial charge >= 0.3 is 0 Å². The number of quaternary nitrogens is 1. The average molecular weight is 270 g/mol. The molecule has 0 radical (unpaired) electrons. The first-order chi connectivity index (χ1) is 8.90. The van der Waals surface area contributed by atoms with Gasteiger partial charge in [-0.2, -0.15) is 0 Å². The summed E-state index contributed by atoms with van der Waals surface area (Å²) in [5, 5.41) is 14.6. The lowest BCUT2D eigenvalue weighted by Crippen LogP contribution is -2.56. The van der Waals surface area contributed by atoms with Crippen LogP contribution in [0.25, 0.3) is 0 Å². The van der Waals surface area contributed by atoms with E-state index in [4.69, 9.17) is 0 Å². The summed E-state index contributed by atoms with van der Waals surface area (Å²) in [4.78, 5) is 11.7. The molecule has 1 aromatic carbocycles. The second-order valence-electron chi connectivity index (χ2n) is 4.89. The summed E-state index contributed by atoms with van der Waals surface area (Å²) in [6, 6.07) is 8.49. The van der Waals surface area contributed by atoms with Gasteiger partial charge in [0.2, 0.25) is 0 Å². The van der Waals surface area contributed by atoms with Crippen LogP contribution in [-0.4, -0.2) is 36.2 Å². The highest BCUT2D eigenvalue weighted by molar-refractivity contribution is 5.93. The van der Waals surface area contributed by atoms with E-state index in [1.54, 1.807) is 30.3 Å². The van der Waals surface area contributed by atoms with Crippen molar-refractivity contribution in [2.75, 3.05) is 19.8 Å². The Balaban J connectivity index is 1.87. The maximum absolute atomic E-state index is 13.0. The van der Waals surface area contributed by atoms with Gasteiger partial charge in [-0.15, -0.1) is 0 Å². The van der Waals surface area contributed by atoms with Gasteiger partial charge in [-0.05, 0) is 12.1 Å². The molecular formula is C13H16F2N2O2. The average Bonchev–Trinajstić information content (AvgIpc) is 2.41. The minimum absolute atomic E-state index is 0.163. The minimum atomic E-state index is -2.74. The molecule has 0 bridgehead atoms. The van der Waals surface area contributed by atoms with Crippen molar-refractivity contribution in [1.29, 1.82) is 0 Å². The van der Waals surface area contributed by atoms with Gasteiger partial charge < -0.3 is 15.2 Å². The summed E-state index contributed by atoms with van der Waals surface area (Å²) in [7, 11) is 0. The molecule has 1 aromatic rings. The highest BCUT2D eigenvalue weighted by Gasteiger charge is 2.39. The van der Waals surface area contributed by atoms with E-state index >= 15 is 0 Å². The molecule has 1 aliphatic rings. The third-order valence-corrected chi connectivity index (χ3v) is 3.33. The standard InChI is InChI=1S/C13H16F2N2O2/c14-13(15)6-8-17(19,9-7-13)10-16-12(18)11-4-2-1-3-5-11/h1-5H,6-10H2,(H,16,18). The highest BCUT2D eigenvalue weighted by atomic mass is 19.3. The molecule has 1 heterocycles. The van der Waals surface area contributed by atoms with Gasteiger partial charge in [-0.3, -0.25) is 4.79 Å². The number of amides is 1. The molecular weight excluding hydrogens is 254 g/mol. The van der Waals surface area contributed by atoms with Crippen LogP contribution in [-0.2, 0) is 0 Å². The first kappa shape index (κ1) is 13.9. The topological polar surface area (TPSA) is 52.2 Å². The monoisotopic (exact) mass is 270 g/mol. The Morgan fingerprint density at radius 1 is 1.26 bits per heavy atom. The number of carbonyl (C=O) groups excluding carboxylic acids is 1. The van der Waals surface area contributed by atoms with Gasteiger partial charge in [-0.25, -0.2) is 8.78 Å². The smallest absolute Gasteiger partial charge is 0.258 e. The molecule has 4 nitrogen and oxygen atoms in total. The predicted octanol–water partition coefficient (Wildman–Crippen LogP) is 2.12. The van der Waals surface area contributed by atoms with Crippen molar-refractivity contribution in [3.8, 4) is 0 Å². The van der Waals surface area contributed by atoms with Crippen molar-refractivity contribution in [1.82, 2.24) is 5.32 Å². The van der Waals surface area contributed by atoms with Gasteiger partial charge in [-0.1, -0.05) is 18.2 Å². The zero-order chi connectivity index (χ0) is 13.9. The second kappa shape index (κ2) is 5.22. The third kappa shape index (κ3) is 3.71. The van der Waals surface area contributed by atoms with Gasteiger partial charge in [0.15, 0.2) is 6.67 Å². The van der Waals surface area contributed by atoms with E-state index in [1.807, 2.05) is 0 Å². The lowest BCUT2D eigenvalue weighted by atomic mass is 10.1. The van der Waals surface area contributed by atoms with Crippen LogP contribution in [0.1, 0.15) is 23.2 Å². The van der Waals surface area contributed by atoms with Crippen LogP contribution in [0.3, 0.4) is 0 Å². The van der Waals surface area contributed by atoms with Gasteiger partial charge in [0.05, 0.1) is 25.9 Å². The largest absolute Gasteiger partial charge is 0.631 e. The number of halogens is 2. The summed E-state index contributed by atoms with van der Waals surface area (Å²) in [6.07, 6.45) is -0.838. The Hall–Kier alpha value is -1.53. The molecule has 0 aromatic heterocycles. The maximum Gasteiger partial charge on any atom is 0.258 e. The summed E-state index contributed by atoms with van der Waals surface area (Å²) in [5.41, 5.74) is 0.455. The highest BCUT2D eigenvalue weighted by Crippen LogP contribution is 2.30. The van der Waals surface area contributed by atoms with Crippen LogP contribution in [0.5, 0.6) is 0 Å². The molecule has 104 valence electrons. The number of rotatable bonds is 3. The Morgan fingerprint density at radius 3 is 2.42 bits per heavy atom. The number of hydrogen-bond donors (Lipinski definition) is 1. The van der Waals surface area contributed by atoms with E-state index in [0.717, 1.165) is 0 Å². The molecule has 1 saturated heterocycles. The van der Waals surface area contributed by atoms with E-state index in [9.17, 15) is 18.8 Å². The Labute approximate surface area is 110 Å². The molecule has 6 heteroatoms. The van der Waals surface area contributed by atoms with Crippen molar-refractivity contribution >= 4 is 5.91 Å². The zero-order valence-electron chi connectivity index (χ0n) is 10.4. The van der Waals surface area contributed by atoms with E-state index in [1.165, 1.54) is 0 Å². The molecule has 1 fully saturated rings.